The number of benzene rings is 1. The lowest BCUT2D eigenvalue weighted by Gasteiger charge is -2.52. The lowest BCUT2D eigenvalue weighted by atomic mass is 9.90. The fourth-order valence-electron chi connectivity index (χ4n) is 3.00. The largest absolute Gasteiger partial charge is 0.497 e. The predicted octanol–water partition coefficient (Wildman–Crippen LogP) is 2.45. The molecule has 2 heterocycles. The third-order valence-electron chi connectivity index (χ3n) is 3.94. The maximum absolute atomic E-state index is 6.23. The van der Waals surface area contributed by atoms with Crippen molar-refractivity contribution in [1.82, 2.24) is 10.2 Å². The number of hydrogen-bond donors (Lipinski definition) is 1. The van der Waals surface area contributed by atoms with Crippen LogP contribution in [0.15, 0.2) is 18.2 Å². The molecule has 2 unspecified atom stereocenters. The first-order valence-electron chi connectivity index (χ1n) is 6.52. The topological polar surface area (TPSA) is 33.7 Å². The van der Waals surface area contributed by atoms with Crippen LogP contribution in [-0.2, 0) is 0 Å². The van der Waals surface area contributed by atoms with E-state index < -0.39 is 0 Å². The number of nitrogens with one attached hydrogen (secondary N) is 1. The highest BCUT2D eigenvalue weighted by molar-refractivity contribution is 7.80. The number of hydrogen-bond acceptors (Lipinski definition) is 3. The molecule has 1 fully saturated rings. The fraction of sp³-hybridized carbons (Fsp3) is 0.500. The zero-order valence-corrected chi connectivity index (χ0v) is 12.2. The van der Waals surface area contributed by atoms with Crippen LogP contribution in [0.1, 0.15) is 31.9 Å². The number of thiocarbonyl (C=S) groups is 1. The molecule has 1 aromatic carbocycles. The molecule has 5 heteroatoms. The minimum Gasteiger partial charge on any atom is -0.497 e. The Kier molecular flexibility index (Phi) is 2.82. The summed E-state index contributed by atoms with van der Waals surface area (Å²) < 4.78 is 11.5. The van der Waals surface area contributed by atoms with Crippen molar-refractivity contribution in [2.24, 2.45) is 0 Å². The zero-order valence-electron chi connectivity index (χ0n) is 11.4. The first-order chi connectivity index (χ1) is 9.07. The summed E-state index contributed by atoms with van der Waals surface area (Å²) in [6.45, 7) is 5.01. The van der Waals surface area contributed by atoms with Gasteiger partial charge in [0.2, 0.25) is 0 Å². The van der Waals surface area contributed by atoms with Crippen molar-refractivity contribution in [3.8, 4) is 11.5 Å². The van der Waals surface area contributed by atoms with Crippen molar-refractivity contribution in [1.29, 1.82) is 0 Å². The van der Waals surface area contributed by atoms with E-state index in [1.807, 2.05) is 12.1 Å². The van der Waals surface area contributed by atoms with Gasteiger partial charge in [0.05, 0.1) is 13.2 Å². The molecule has 1 saturated heterocycles. The van der Waals surface area contributed by atoms with Crippen LogP contribution in [0, 0.1) is 0 Å². The monoisotopic (exact) mass is 278 g/mol. The van der Waals surface area contributed by atoms with E-state index in [1.165, 1.54) is 0 Å². The highest BCUT2D eigenvalue weighted by Gasteiger charge is 2.46. The highest BCUT2D eigenvalue weighted by atomic mass is 32.1. The molecular formula is C14H18N2O2S. The van der Waals surface area contributed by atoms with Crippen LogP contribution in [0.25, 0.3) is 0 Å². The highest BCUT2D eigenvalue weighted by Crippen LogP contribution is 2.45. The van der Waals surface area contributed by atoms with Crippen LogP contribution >= 0.6 is 12.2 Å². The van der Waals surface area contributed by atoms with Crippen molar-refractivity contribution in [2.45, 2.75) is 32.0 Å². The smallest absolute Gasteiger partial charge is 0.184 e. The molecular weight excluding hydrogens is 260 g/mol. The van der Waals surface area contributed by atoms with E-state index in [9.17, 15) is 0 Å². The molecule has 2 atom stereocenters. The van der Waals surface area contributed by atoms with E-state index in [4.69, 9.17) is 21.7 Å². The Balaban J connectivity index is 2.06. The van der Waals surface area contributed by atoms with Crippen LogP contribution in [0.2, 0.25) is 0 Å². The average Bonchev–Trinajstić information content (AvgIpc) is 2.37. The second kappa shape index (κ2) is 4.27. The second-order valence-corrected chi connectivity index (χ2v) is 5.52. The van der Waals surface area contributed by atoms with Crippen LogP contribution in [0.3, 0.4) is 0 Å². The van der Waals surface area contributed by atoms with Crippen molar-refractivity contribution in [3.05, 3.63) is 23.8 Å². The lowest BCUT2D eigenvalue weighted by Crippen LogP contribution is -2.64. The van der Waals surface area contributed by atoms with E-state index in [1.54, 1.807) is 7.11 Å². The summed E-state index contributed by atoms with van der Waals surface area (Å²) in [5, 5.41) is 4.17. The van der Waals surface area contributed by atoms with E-state index >= 15 is 0 Å². The van der Waals surface area contributed by atoms with E-state index in [0.717, 1.165) is 35.1 Å². The van der Waals surface area contributed by atoms with Gasteiger partial charge in [0.25, 0.3) is 0 Å². The minimum atomic E-state index is -0.374. The number of nitrogens with zero attached hydrogens (tertiary/aromatic N) is 1. The van der Waals surface area contributed by atoms with E-state index in [2.05, 4.69) is 30.1 Å². The molecule has 4 nitrogen and oxygen atoms in total. The molecule has 3 rings (SSSR count). The molecule has 102 valence electrons. The van der Waals surface area contributed by atoms with Crippen molar-refractivity contribution in [2.75, 3.05) is 13.7 Å². The third kappa shape index (κ3) is 1.84. The fourth-order valence-corrected chi connectivity index (χ4v) is 3.46. The molecule has 0 aliphatic carbocycles. The Hall–Kier alpha value is -1.49. The maximum atomic E-state index is 6.23. The van der Waals surface area contributed by atoms with Gasteiger partial charge in [0, 0.05) is 24.6 Å². The molecule has 19 heavy (non-hydrogen) atoms. The second-order valence-electron chi connectivity index (χ2n) is 5.13. The normalized spacial score (nSPS) is 28.3. The van der Waals surface area contributed by atoms with Gasteiger partial charge in [-0.2, -0.15) is 0 Å². The maximum Gasteiger partial charge on any atom is 0.184 e. The molecule has 0 radical (unpaired) electrons. The Morgan fingerprint density at radius 2 is 2.37 bits per heavy atom. The van der Waals surface area contributed by atoms with Gasteiger partial charge in [0.1, 0.15) is 11.5 Å². The zero-order chi connectivity index (χ0) is 13.6. The molecule has 1 N–H and O–H groups in total. The summed E-state index contributed by atoms with van der Waals surface area (Å²) >= 11 is 5.44. The third-order valence-corrected chi connectivity index (χ3v) is 4.28. The summed E-state index contributed by atoms with van der Waals surface area (Å²) in [6.07, 6.45) is 0.889. The number of ether oxygens (including phenoxy) is 2. The Labute approximate surface area is 118 Å². The van der Waals surface area contributed by atoms with Crippen LogP contribution < -0.4 is 14.8 Å². The summed E-state index contributed by atoms with van der Waals surface area (Å²) in [5.41, 5.74) is 0.776. The van der Waals surface area contributed by atoms with Crippen molar-refractivity contribution >= 4 is 17.3 Å². The standard InChI is InChI=1S/C14H18N2O2S/c1-4-16-13(19)15-11-8-14(16,2)18-12-7-9(17-3)5-6-10(11)12/h5-7,11H,4,8H2,1-3H3,(H,15,19). The molecule has 0 spiro atoms. The van der Waals surface area contributed by atoms with Gasteiger partial charge >= 0.3 is 0 Å². The first kappa shape index (κ1) is 12.5. The van der Waals surface area contributed by atoms with E-state index in [-0.39, 0.29) is 11.8 Å². The Morgan fingerprint density at radius 1 is 1.58 bits per heavy atom. The van der Waals surface area contributed by atoms with Gasteiger partial charge < -0.3 is 19.7 Å². The van der Waals surface area contributed by atoms with Gasteiger partial charge in [-0.1, -0.05) is 0 Å². The molecule has 0 saturated carbocycles. The Morgan fingerprint density at radius 3 is 3.05 bits per heavy atom. The van der Waals surface area contributed by atoms with Gasteiger partial charge in [-0.05, 0) is 38.2 Å². The summed E-state index contributed by atoms with van der Waals surface area (Å²) in [4.78, 5) is 2.10. The summed E-state index contributed by atoms with van der Waals surface area (Å²) in [7, 11) is 1.67. The Bertz CT molecular complexity index is 534. The molecule has 2 aliphatic heterocycles. The molecule has 0 aromatic heterocycles. The molecule has 2 aliphatic rings. The van der Waals surface area contributed by atoms with Gasteiger partial charge in [-0.25, -0.2) is 0 Å². The first-order valence-corrected chi connectivity index (χ1v) is 6.93. The lowest BCUT2D eigenvalue weighted by molar-refractivity contribution is -0.0659. The molecule has 2 bridgehead atoms. The quantitative estimate of drug-likeness (QED) is 0.840. The van der Waals surface area contributed by atoms with Crippen molar-refractivity contribution < 1.29 is 9.47 Å². The average molecular weight is 278 g/mol. The number of rotatable bonds is 2. The van der Waals surface area contributed by atoms with Gasteiger partial charge in [-0.3, -0.25) is 0 Å². The van der Waals surface area contributed by atoms with Gasteiger partial charge in [0.15, 0.2) is 10.8 Å². The van der Waals surface area contributed by atoms with Gasteiger partial charge in [-0.15, -0.1) is 0 Å². The number of fused-ring (bicyclic) bond motifs is 4. The SMILES string of the molecule is CCN1C(=S)NC2CC1(C)Oc1cc(OC)ccc12. The number of methoxy groups -OCH3 is 1. The van der Waals surface area contributed by atoms with Crippen LogP contribution in [0.5, 0.6) is 11.5 Å². The minimum absolute atomic E-state index is 0.218. The van der Waals surface area contributed by atoms with E-state index in [0.29, 0.717) is 0 Å². The summed E-state index contributed by atoms with van der Waals surface area (Å²) in [6, 6.07) is 6.18. The van der Waals surface area contributed by atoms with Crippen LogP contribution in [0.4, 0.5) is 0 Å². The molecule has 0 amide bonds. The predicted molar refractivity (Wildman–Crippen MR) is 77.5 cm³/mol. The van der Waals surface area contributed by atoms with Crippen molar-refractivity contribution in [3.63, 3.8) is 0 Å². The van der Waals surface area contributed by atoms with Crippen LogP contribution in [-0.4, -0.2) is 29.4 Å². The molecule has 1 aromatic rings. The summed E-state index contributed by atoms with van der Waals surface area (Å²) in [5.74, 6) is 1.69.